The molecule has 1 aromatic heterocycles. The van der Waals surface area contributed by atoms with Gasteiger partial charge in [-0.05, 0) is 38.5 Å². The highest BCUT2D eigenvalue weighted by molar-refractivity contribution is 7.17. The summed E-state index contributed by atoms with van der Waals surface area (Å²) in [6.45, 7) is 6.19. The number of amides is 3. The number of aromatic nitrogens is 1. The lowest BCUT2D eigenvalue weighted by Gasteiger charge is -2.05. The van der Waals surface area contributed by atoms with Crippen LogP contribution in [0, 0.1) is 20.8 Å². The molecule has 3 rings (SSSR count). The van der Waals surface area contributed by atoms with Gasteiger partial charge in [-0.3, -0.25) is 10.1 Å². The summed E-state index contributed by atoms with van der Waals surface area (Å²) in [6.07, 6.45) is 0. The molecule has 144 valence electrons. The van der Waals surface area contributed by atoms with Crippen molar-refractivity contribution >= 4 is 34.1 Å². The summed E-state index contributed by atoms with van der Waals surface area (Å²) in [5, 5.41) is 8.69. The minimum Gasteiger partial charge on any atom is -0.347 e. The average Bonchev–Trinajstić information content (AvgIpc) is 3.03. The van der Waals surface area contributed by atoms with Crippen LogP contribution in [0.1, 0.15) is 32.1 Å². The van der Waals surface area contributed by atoms with Gasteiger partial charge in [0, 0.05) is 12.2 Å². The van der Waals surface area contributed by atoms with Crippen molar-refractivity contribution in [2.75, 3.05) is 10.6 Å². The predicted molar refractivity (Wildman–Crippen MR) is 113 cm³/mol. The summed E-state index contributed by atoms with van der Waals surface area (Å²) < 4.78 is 0. The Morgan fingerprint density at radius 3 is 2.14 bits per heavy atom. The van der Waals surface area contributed by atoms with Crippen LogP contribution in [0.25, 0.3) is 0 Å². The van der Waals surface area contributed by atoms with Gasteiger partial charge in [-0.2, -0.15) is 0 Å². The van der Waals surface area contributed by atoms with Crippen molar-refractivity contribution in [3.63, 3.8) is 0 Å². The molecular weight excluding hydrogens is 372 g/mol. The number of thiazole rings is 1. The zero-order valence-electron chi connectivity index (χ0n) is 16.0. The Morgan fingerprint density at radius 1 is 0.893 bits per heavy atom. The SMILES string of the molecule is Cc1ccc(CNC(=O)c2sc(NC(=O)Nc3ccc(C)cc3)nc2C)cc1. The molecule has 28 heavy (non-hydrogen) atoms. The fraction of sp³-hybridized carbons (Fsp3) is 0.190. The van der Waals surface area contributed by atoms with E-state index in [9.17, 15) is 9.59 Å². The third-order valence-corrected chi connectivity index (χ3v) is 5.18. The van der Waals surface area contributed by atoms with Crippen molar-refractivity contribution in [3.05, 3.63) is 75.8 Å². The van der Waals surface area contributed by atoms with E-state index < -0.39 is 6.03 Å². The molecule has 0 spiro atoms. The molecule has 0 atom stereocenters. The molecular formula is C21H22N4O2S. The van der Waals surface area contributed by atoms with Gasteiger partial charge in [-0.15, -0.1) is 0 Å². The maximum atomic E-state index is 12.5. The molecule has 1 heterocycles. The van der Waals surface area contributed by atoms with E-state index in [0.29, 0.717) is 27.9 Å². The molecule has 6 nitrogen and oxygen atoms in total. The van der Waals surface area contributed by atoms with E-state index in [1.54, 1.807) is 6.92 Å². The van der Waals surface area contributed by atoms with Crippen LogP contribution in [0.2, 0.25) is 0 Å². The van der Waals surface area contributed by atoms with E-state index in [4.69, 9.17) is 0 Å². The first kappa shape index (κ1) is 19.6. The Labute approximate surface area is 168 Å². The smallest absolute Gasteiger partial charge is 0.325 e. The first-order chi connectivity index (χ1) is 13.4. The van der Waals surface area contributed by atoms with Gasteiger partial charge in [0.15, 0.2) is 5.13 Å². The molecule has 3 N–H and O–H groups in total. The molecule has 0 aliphatic rings. The molecule has 0 fully saturated rings. The van der Waals surface area contributed by atoms with Gasteiger partial charge in [-0.25, -0.2) is 9.78 Å². The fourth-order valence-corrected chi connectivity index (χ4v) is 3.40. The van der Waals surface area contributed by atoms with Crippen molar-refractivity contribution in [2.45, 2.75) is 27.3 Å². The average molecular weight is 395 g/mol. The van der Waals surface area contributed by atoms with Crippen molar-refractivity contribution in [2.24, 2.45) is 0 Å². The standard InChI is InChI=1S/C21H22N4O2S/c1-13-4-8-16(9-5-13)12-22-19(26)18-15(3)23-21(28-18)25-20(27)24-17-10-6-14(2)7-11-17/h4-11H,12H2,1-3H3,(H,22,26)(H2,23,24,25,27). The third-order valence-electron chi connectivity index (χ3n) is 4.11. The molecule has 3 amide bonds. The summed E-state index contributed by atoms with van der Waals surface area (Å²) in [4.78, 5) is 29.4. The van der Waals surface area contributed by atoms with Crippen molar-refractivity contribution in [1.29, 1.82) is 0 Å². The summed E-state index contributed by atoms with van der Waals surface area (Å²) in [7, 11) is 0. The third kappa shape index (κ3) is 5.17. The topological polar surface area (TPSA) is 83.1 Å². The second-order valence-electron chi connectivity index (χ2n) is 6.55. The number of carbonyl (C=O) groups is 2. The minimum atomic E-state index is -0.399. The number of hydrogen-bond donors (Lipinski definition) is 3. The van der Waals surface area contributed by atoms with Crippen molar-refractivity contribution < 1.29 is 9.59 Å². The summed E-state index contributed by atoms with van der Waals surface area (Å²) in [6, 6.07) is 15.1. The molecule has 0 aliphatic carbocycles. The van der Waals surface area contributed by atoms with E-state index in [1.807, 2.05) is 62.4 Å². The van der Waals surface area contributed by atoms with Gasteiger partial charge in [-0.1, -0.05) is 58.9 Å². The highest BCUT2D eigenvalue weighted by Crippen LogP contribution is 2.23. The lowest BCUT2D eigenvalue weighted by molar-refractivity contribution is 0.0954. The number of carbonyl (C=O) groups excluding carboxylic acids is 2. The number of nitrogens with one attached hydrogen (secondary N) is 3. The molecule has 0 saturated heterocycles. The number of hydrogen-bond acceptors (Lipinski definition) is 4. The quantitative estimate of drug-likeness (QED) is 0.589. The van der Waals surface area contributed by atoms with Crippen LogP contribution < -0.4 is 16.0 Å². The summed E-state index contributed by atoms with van der Waals surface area (Å²) in [5.74, 6) is -0.206. The van der Waals surface area contributed by atoms with Gasteiger partial charge in [0.05, 0.1) is 5.69 Å². The van der Waals surface area contributed by atoms with Gasteiger partial charge in [0.2, 0.25) is 0 Å². The van der Waals surface area contributed by atoms with Crippen molar-refractivity contribution in [1.82, 2.24) is 10.3 Å². The van der Waals surface area contributed by atoms with Gasteiger partial charge < -0.3 is 10.6 Å². The van der Waals surface area contributed by atoms with E-state index in [2.05, 4.69) is 20.9 Å². The predicted octanol–water partition coefficient (Wildman–Crippen LogP) is 4.64. The molecule has 0 aliphatic heterocycles. The van der Waals surface area contributed by atoms with E-state index in [1.165, 1.54) is 5.56 Å². The molecule has 0 radical (unpaired) electrons. The lowest BCUT2D eigenvalue weighted by Crippen LogP contribution is -2.22. The van der Waals surface area contributed by atoms with Gasteiger partial charge >= 0.3 is 6.03 Å². The normalized spacial score (nSPS) is 10.4. The van der Waals surface area contributed by atoms with Gasteiger partial charge in [0.1, 0.15) is 4.88 Å². The monoisotopic (exact) mass is 394 g/mol. The molecule has 0 unspecified atom stereocenters. The van der Waals surface area contributed by atoms with E-state index >= 15 is 0 Å². The highest BCUT2D eigenvalue weighted by Gasteiger charge is 2.16. The highest BCUT2D eigenvalue weighted by atomic mass is 32.1. The Kier molecular flexibility index (Phi) is 6.06. The van der Waals surface area contributed by atoms with Gasteiger partial charge in [0.25, 0.3) is 5.91 Å². The second kappa shape index (κ2) is 8.67. The Bertz CT molecular complexity index is 979. The summed E-state index contributed by atoms with van der Waals surface area (Å²) in [5.41, 5.74) is 4.58. The van der Waals surface area contributed by atoms with E-state index in [-0.39, 0.29) is 5.91 Å². The molecule has 0 bridgehead atoms. The van der Waals surface area contributed by atoms with Crippen LogP contribution in [0.3, 0.4) is 0 Å². The molecule has 0 saturated carbocycles. The first-order valence-corrected chi connectivity index (χ1v) is 9.68. The number of benzene rings is 2. The maximum Gasteiger partial charge on any atom is 0.325 e. The Hall–Kier alpha value is -3.19. The lowest BCUT2D eigenvalue weighted by atomic mass is 10.1. The molecule has 7 heteroatoms. The fourth-order valence-electron chi connectivity index (χ4n) is 2.53. The van der Waals surface area contributed by atoms with Crippen LogP contribution in [0.5, 0.6) is 0 Å². The van der Waals surface area contributed by atoms with Crippen molar-refractivity contribution in [3.8, 4) is 0 Å². The minimum absolute atomic E-state index is 0.206. The van der Waals surface area contributed by atoms with E-state index in [0.717, 1.165) is 22.5 Å². The zero-order chi connectivity index (χ0) is 20.1. The van der Waals surface area contributed by atoms with Crippen LogP contribution in [-0.4, -0.2) is 16.9 Å². The second-order valence-corrected chi connectivity index (χ2v) is 7.55. The van der Waals surface area contributed by atoms with Crippen LogP contribution >= 0.6 is 11.3 Å². The number of rotatable bonds is 5. The maximum absolute atomic E-state index is 12.5. The number of aryl methyl sites for hydroxylation is 3. The molecule has 2 aromatic carbocycles. The number of anilines is 2. The Morgan fingerprint density at radius 2 is 1.50 bits per heavy atom. The summed E-state index contributed by atoms with van der Waals surface area (Å²) >= 11 is 1.15. The van der Waals surface area contributed by atoms with Crippen LogP contribution in [0.4, 0.5) is 15.6 Å². The Balaban J connectivity index is 1.58. The van der Waals surface area contributed by atoms with Crippen LogP contribution in [0.15, 0.2) is 48.5 Å². The number of urea groups is 1. The molecule has 3 aromatic rings. The first-order valence-electron chi connectivity index (χ1n) is 8.86. The zero-order valence-corrected chi connectivity index (χ0v) is 16.8. The largest absolute Gasteiger partial charge is 0.347 e. The van der Waals surface area contributed by atoms with Crippen LogP contribution in [-0.2, 0) is 6.54 Å². The number of nitrogens with zero attached hydrogens (tertiary/aromatic N) is 1.